The van der Waals surface area contributed by atoms with Crippen molar-refractivity contribution >= 4 is 30.7 Å². The molecule has 3 N–H and O–H groups in total. The van der Waals surface area contributed by atoms with Gasteiger partial charge in [0, 0.05) is 34.4 Å². The number of aromatic nitrogens is 1. The van der Waals surface area contributed by atoms with Gasteiger partial charge in [-0.1, -0.05) is 107 Å². The predicted octanol–water partition coefficient (Wildman–Crippen LogP) is 9.42. The van der Waals surface area contributed by atoms with Crippen LogP contribution in [0.1, 0.15) is 115 Å². The Labute approximate surface area is 362 Å². The summed E-state index contributed by atoms with van der Waals surface area (Å²) in [5, 5.41) is 44.0. The maximum atomic E-state index is 15.9. The van der Waals surface area contributed by atoms with Gasteiger partial charge in [0.25, 0.3) is 5.88 Å². The fourth-order valence-corrected chi connectivity index (χ4v) is 11.7. The smallest absolute Gasteiger partial charge is 0.260 e. The number of aromatic hydroxyl groups is 1. The minimum absolute atomic E-state index is 0.0347. The lowest BCUT2D eigenvalue weighted by Gasteiger charge is -2.53. The molecule has 1 spiro atoms. The number of allylic oxidation sites excluding steroid dienone is 2. The van der Waals surface area contributed by atoms with E-state index in [1.807, 2.05) is 94.5 Å². The van der Waals surface area contributed by atoms with Crippen molar-refractivity contribution in [1.82, 2.24) is 5.16 Å². The third-order valence-electron chi connectivity index (χ3n) is 15.0. The number of rotatable bonds is 9. The predicted molar refractivity (Wildman–Crippen MR) is 236 cm³/mol. The summed E-state index contributed by atoms with van der Waals surface area (Å²) in [7, 11) is -1.40. The lowest BCUT2D eigenvalue weighted by Crippen LogP contribution is -2.73. The van der Waals surface area contributed by atoms with Gasteiger partial charge in [0.05, 0.1) is 23.6 Å². The maximum absolute atomic E-state index is 15.9. The first kappa shape index (κ1) is 42.0. The van der Waals surface area contributed by atoms with Crippen molar-refractivity contribution in [3.63, 3.8) is 0 Å². The summed E-state index contributed by atoms with van der Waals surface area (Å²) in [6.07, 6.45) is 1.84. The first-order valence-corrected chi connectivity index (χ1v) is 24.3. The zero-order chi connectivity index (χ0) is 44.4. The number of hydrogen-bond acceptors (Lipinski definition) is 11. The monoisotopic (exact) mass is 857 g/mol. The van der Waals surface area contributed by atoms with Crippen LogP contribution in [-0.4, -0.2) is 58.7 Å². The van der Waals surface area contributed by atoms with Crippen molar-refractivity contribution in [2.75, 3.05) is 7.11 Å². The van der Waals surface area contributed by atoms with Crippen molar-refractivity contribution < 1.29 is 48.1 Å². The molecule has 1 aromatic heterocycles. The number of carbonyl (C=O) groups is 2. The molecular weight excluding hydrogens is 803 g/mol. The van der Waals surface area contributed by atoms with E-state index < -0.39 is 70.8 Å². The van der Waals surface area contributed by atoms with Crippen LogP contribution in [0.5, 0.6) is 23.1 Å². The van der Waals surface area contributed by atoms with Gasteiger partial charge in [0.2, 0.25) is 5.78 Å². The van der Waals surface area contributed by atoms with Gasteiger partial charge in [-0.2, -0.15) is 0 Å². The van der Waals surface area contributed by atoms with E-state index in [0.29, 0.717) is 16.7 Å². The number of phenols is 1. The van der Waals surface area contributed by atoms with Crippen molar-refractivity contribution in [3.05, 3.63) is 123 Å². The standard InChI is InChI=1S/C50H55NO10Si/c1-28-17-16-22-47(5,6)48(28)24-31-35-37(32(23-33(57-7)40(35)48)58-26-29-18-12-10-13-19-29)41(52)39-36(31)42(53)49(55)25-34-38(45(51-60-34)59-27-30-20-14-11-15-21-30)44(50(49,56)43(39)54)61-62(8,9)46(2,3)4/h10-15,17-21,23,44,52,55-56H,16,22,24-27H2,1-9H3/t44-,48+,49+,50+/m1/s1. The number of fused-ring (bicyclic) bond motifs is 5. The van der Waals surface area contributed by atoms with E-state index in [9.17, 15) is 15.3 Å². The molecule has 0 saturated heterocycles. The molecule has 0 bridgehead atoms. The summed E-state index contributed by atoms with van der Waals surface area (Å²) in [5.41, 5.74) is -3.29. The Hall–Kier alpha value is -5.27. The highest BCUT2D eigenvalue weighted by molar-refractivity contribution is 6.74. The second kappa shape index (κ2) is 14.1. The number of phenolic OH excluding ortho intramolecular Hbond substituents is 1. The minimum atomic E-state index is -2.99. The summed E-state index contributed by atoms with van der Waals surface area (Å²) in [6.45, 7) is 16.6. The van der Waals surface area contributed by atoms with E-state index in [-0.39, 0.29) is 53.5 Å². The summed E-state index contributed by atoms with van der Waals surface area (Å²) in [4.78, 5) is 31.6. The van der Waals surface area contributed by atoms with Crippen LogP contribution in [0.2, 0.25) is 18.1 Å². The summed E-state index contributed by atoms with van der Waals surface area (Å²) < 4.78 is 31.8. The third-order valence-corrected chi connectivity index (χ3v) is 19.5. The number of carbonyl (C=O) groups excluding carboxylic acids is 2. The van der Waals surface area contributed by atoms with Crippen LogP contribution in [0.25, 0.3) is 10.8 Å². The second-order valence-electron chi connectivity index (χ2n) is 19.8. The second-order valence-corrected chi connectivity index (χ2v) is 24.5. The first-order chi connectivity index (χ1) is 29.2. The van der Waals surface area contributed by atoms with Crippen LogP contribution in [0.3, 0.4) is 0 Å². The van der Waals surface area contributed by atoms with E-state index >= 15 is 9.59 Å². The molecule has 1 heterocycles. The van der Waals surface area contributed by atoms with Gasteiger partial charge in [-0.05, 0) is 71.6 Å². The highest BCUT2D eigenvalue weighted by Gasteiger charge is 2.73. The van der Waals surface area contributed by atoms with Gasteiger partial charge >= 0.3 is 0 Å². The molecule has 0 fully saturated rings. The molecule has 12 heteroatoms. The fourth-order valence-electron chi connectivity index (χ4n) is 10.5. The van der Waals surface area contributed by atoms with Crippen molar-refractivity contribution in [2.45, 2.75) is 121 Å². The van der Waals surface area contributed by atoms with Crippen LogP contribution in [0, 0.1) is 5.41 Å². The number of methoxy groups -OCH3 is 1. The average Bonchev–Trinajstić information content (AvgIpc) is 3.81. The molecule has 0 amide bonds. The van der Waals surface area contributed by atoms with E-state index in [1.54, 1.807) is 13.2 Å². The zero-order valence-corrected chi connectivity index (χ0v) is 37.9. The van der Waals surface area contributed by atoms with Crippen LogP contribution in [0.15, 0.2) is 82.9 Å². The van der Waals surface area contributed by atoms with Gasteiger partial charge in [0.15, 0.2) is 25.3 Å². The lowest BCUT2D eigenvalue weighted by molar-refractivity contribution is -0.161. The zero-order valence-electron chi connectivity index (χ0n) is 36.9. The van der Waals surface area contributed by atoms with Gasteiger partial charge in [-0.15, -0.1) is 0 Å². The Morgan fingerprint density at radius 3 is 2.10 bits per heavy atom. The molecule has 5 aromatic rings. The Kier molecular flexibility index (Phi) is 9.58. The molecule has 11 nitrogen and oxygen atoms in total. The highest BCUT2D eigenvalue weighted by atomic mass is 28.4. The topological polar surface area (TPSA) is 158 Å². The Bertz CT molecular complexity index is 2700. The number of ether oxygens (including phenoxy) is 3. The van der Waals surface area contributed by atoms with Crippen molar-refractivity contribution in [3.8, 4) is 23.1 Å². The Balaban J connectivity index is 1.31. The van der Waals surface area contributed by atoms with Gasteiger partial charge in [-0.3, -0.25) is 9.59 Å². The highest BCUT2D eigenvalue weighted by Crippen LogP contribution is 2.66. The van der Waals surface area contributed by atoms with Crippen LogP contribution in [0.4, 0.5) is 0 Å². The Morgan fingerprint density at radius 2 is 1.50 bits per heavy atom. The number of benzene rings is 4. The van der Waals surface area contributed by atoms with Crippen LogP contribution >= 0.6 is 0 Å². The number of Topliss-reactive ketones (excluding diaryl/α,β-unsaturated/α-hetero) is 2. The van der Waals surface area contributed by atoms with E-state index in [2.05, 4.69) is 32.0 Å². The molecule has 4 atom stereocenters. The lowest BCUT2D eigenvalue weighted by atomic mass is 9.54. The molecule has 0 saturated carbocycles. The van der Waals surface area contributed by atoms with E-state index in [4.69, 9.17) is 23.2 Å². The molecule has 9 rings (SSSR count). The summed E-state index contributed by atoms with van der Waals surface area (Å²) in [6, 6.07) is 20.7. The number of hydrogen-bond donors (Lipinski definition) is 3. The minimum Gasteiger partial charge on any atom is -0.506 e. The van der Waals surface area contributed by atoms with Crippen molar-refractivity contribution in [2.24, 2.45) is 5.41 Å². The molecule has 0 radical (unpaired) electrons. The molecule has 0 aliphatic heterocycles. The third kappa shape index (κ3) is 5.68. The number of nitrogens with zero attached hydrogens (tertiary/aromatic N) is 1. The van der Waals surface area contributed by atoms with Gasteiger partial charge in [-0.25, -0.2) is 0 Å². The van der Waals surface area contributed by atoms with E-state index in [1.165, 1.54) is 0 Å². The molecule has 4 aromatic carbocycles. The number of aliphatic hydroxyl groups is 2. The molecule has 324 valence electrons. The normalized spacial score (nSPS) is 25.0. The van der Waals surface area contributed by atoms with Gasteiger partial charge < -0.3 is 38.5 Å². The Morgan fingerprint density at radius 1 is 0.871 bits per heavy atom. The SMILES string of the molecule is COc1cc(OCc2ccccc2)c2c(O)c3c(c4c2c1[C@]1(C4)C(C)=CCCC1(C)C)C(=O)[C@@]1(O)Cc2onc(OCc4ccccc4)c2[C@@H](O[Si](C)(C)C(C)(C)C)[C@@]1(O)C3=O. The number of ketones is 2. The average molecular weight is 858 g/mol. The maximum Gasteiger partial charge on any atom is 0.260 e. The summed E-state index contributed by atoms with van der Waals surface area (Å²) >= 11 is 0. The van der Waals surface area contributed by atoms with Crippen LogP contribution < -0.4 is 14.2 Å². The van der Waals surface area contributed by atoms with Gasteiger partial charge in [0.1, 0.15) is 42.3 Å². The van der Waals surface area contributed by atoms with Crippen LogP contribution in [-0.2, 0) is 35.9 Å². The fraction of sp³-hybridized carbons (Fsp3) is 0.420. The van der Waals surface area contributed by atoms with E-state index in [0.717, 1.165) is 35.1 Å². The molecule has 4 aliphatic carbocycles. The molecule has 4 aliphatic rings. The largest absolute Gasteiger partial charge is 0.506 e. The first-order valence-electron chi connectivity index (χ1n) is 21.4. The summed E-state index contributed by atoms with van der Waals surface area (Å²) in [5.74, 6) is -1.74. The molecular formula is C50H55NO10Si. The molecule has 0 unspecified atom stereocenters. The molecule has 62 heavy (non-hydrogen) atoms. The quantitative estimate of drug-likeness (QED) is 0.0958. The van der Waals surface area contributed by atoms with Crippen molar-refractivity contribution in [1.29, 1.82) is 0 Å².